The number of aromatic nitrogens is 3. The summed E-state index contributed by atoms with van der Waals surface area (Å²) in [6.07, 6.45) is 6.08. The fourth-order valence-electron chi connectivity index (χ4n) is 1.92. The molecule has 2 aromatic heterocycles. The highest BCUT2D eigenvalue weighted by Crippen LogP contribution is 2.20. The number of rotatable bonds is 6. The molecular weight excluding hydrogens is 244 g/mol. The Labute approximate surface area is 112 Å². The quantitative estimate of drug-likeness (QED) is 0.871. The minimum atomic E-state index is 0.309. The molecule has 98 valence electrons. The van der Waals surface area contributed by atoms with E-state index in [4.69, 9.17) is 0 Å². The van der Waals surface area contributed by atoms with Crippen LogP contribution in [-0.2, 0) is 13.5 Å². The van der Waals surface area contributed by atoms with E-state index in [9.17, 15) is 0 Å². The number of nitrogens with zero attached hydrogens (tertiary/aromatic N) is 3. The van der Waals surface area contributed by atoms with Gasteiger partial charge in [0.25, 0.3) is 0 Å². The average Bonchev–Trinajstić information content (AvgIpc) is 2.93. The van der Waals surface area contributed by atoms with Gasteiger partial charge in [0.1, 0.15) is 0 Å². The van der Waals surface area contributed by atoms with Crippen LogP contribution in [-0.4, -0.2) is 21.3 Å². The monoisotopic (exact) mass is 264 g/mol. The van der Waals surface area contributed by atoms with Gasteiger partial charge in [0.05, 0.1) is 11.2 Å². The number of nitrogens with one attached hydrogen (secondary N) is 1. The molecule has 0 aliphatic heterocycles. The maximum absolute atomic E-state index is 4.54. The van der Waals surface area contributed by atoms with Crippen molar-refractivity contribution in [2.45, 2.75) is 32.7 Å². The van der Waals surface area contributed by atoms with Crippen molar-refractivity contribution in [1.29, 1.82) is 0 Å². The lowest BCUT2D eigenvalue weighted by Crippen LogP contribution is -2.23. The second kappa shape index (κ2) is 6.11. The molecule has 0 aliphatic carbocycles. The number of aryl methyl sites for hydroxylation is 2. The van der Waals surface area contributed by atoms with Crippen molar-refractivity contribution in [3.8, 4) is 0 Å². The van der Waals surface area contributed by atoms with Crippen LogP contribution in [0.1, 0.15) is 35.7 Å². The third kappa shape index (κ3) is 3.40. The Balaban J connectivity index is 2.09. The first-order valence-electron chi connectivity index (χ1n) is 6.32. The maximum atomic E-state index is 4.54. The van der Waals surface area contributed by atoms with E-state index in [0.29, 0.717) is 6.04 Å². The first kappa shape index (κ1) is 13.2. The molecule has 0 amide bonds. The molecule has 0 aromatic carbocycles. The van der Waals surface area contributed by atoms with Crippen LogP contribution in [0.5, 0.6) is 0 Å². The minimum absolute atomic E-state index is 0.309. The van der Waals surface area contributed by atoms with Crippen LogP contribution in [0.2, 0.25) is 0 Å². The molecular formula is C13H20N4S. The summed E-state index contributed by atoms with van der Waals surface area (Å²) >= 11 is 1.73. The smallest absolute Gasteiger partial charge is 0.0947 e. The van der Waals surface area contributed by atoms with Crippen molar-refractivity contribution in [1.82, 2.24) is 20.1 Å². The van der Waals surface area contributed by atoms with Gasteiger partial charge in [0, 0.05) is 42.3 Å². The fourth-order valence-corrected chi connectivity index (χ4v) is 2.74. The highest BCUT2D eigenvalue weighted by molar-refractivity contribution is 7.09. The first-order chi connectivity index (χ1) is 8.69. The van der Waals surface area contributed by atoms with E-state index in [0.717, 1.165) is 25.1 Å². The van der Waals surface area contributed by atoms with E-state index in [1.165, 1.54) is 10.6 Å². The molecule has 2 rings (SSSR count). The Morgan fingerprint density at radius 3 is 2.89 bits per heavy atom. The molecule has 0 aliphatic rings. The van der Waals surface area contributed by atoms with Crippen molar-refractivity contribution >= 4 is 11.3 Å². The molecule has 2 heterocycles. The van der Waals surface area contributed by atoms with Crippen molar-refractivity contribution in [2.24, 2.45) is 7.05 Å². The summed E-state index contributed by atoms with van der Waals surface area (Å²) in [6, 6.07) is 0.309. The van der Waals surface area contributed by atoms with Crippen LogP contribution in [0.15, 0.2) is 17.8 Å². The van der Waals surface area contributed by atoms with Crippen molar-refractivity contribution in [3.05, 3.63) is 34.0 Å². The maximum Gasteiger partial charge on any atom is 0.0947 e. The topological polar surface area (TPSA) is 42.7 Å². The lowest BCUT2D eigenvalue weighted by Gasteiger charge is -2.15. The number of hydrogen-bond donors (Lipinski definition) is 1. The van der Waals surface area contributed by atoms with Gasteiger partial charge in [-0.3, -0.25) is 4.68 Å². The summed E-state index contributed by atoms with van der Waals surface area (Å²) in [4.78, 5) is 4.54. The predicted molar refractivity (Wildman–Crippen MR) is 74.8 cm³/mol. The van der Waals surface area contributed by atoms with Gasteiger partial charge in [-0.05, 0) is 19.9 Å². The van der Waals surface area contributed by atoms with Crippen LogP contribution in [0.25, 0.3) is 0 Å². The zero-order valence-electron chi connectivity index (χ0n) is 11.2. The Bertz CT molecular complexity index is 489. The van der Waals surface area contributed by atoms with E-state index in [2.05, 4.69) is 33.9 Å². The van der Waals surface area contributed by atoms with Gasteiger partial charge in [0.15, 0.2) is 0 Å². The molecule has 0 radical (unpaired) electrons. The van der Waals surface area contributed by atoms with Crippen LogP contribution in [0, 0.1) is 6.92 Å². The van der Waals surface area contributed by atoms with Crippen LogP contribution in [0.4, 0.5) is 0 Å². The Morgan fingerprint density at radius 2 is 2.33 bits per heavy atom. The van der Waals surface area contributed by atoms with E-state index >= 15 is 0 Å². The number of hydrogen-bond acceptors (Lipinski definition) is 4. The van der Waals surface area contributed by atoms with E-state index < -0.39 is 0 Å². The predicted octanol–water partition coefficient (Wildman–Crippen LogP) is 2.47. The molecule has 4 nitrogen and oxygen atoms in total. The van der Waals surface area contributed by atoms with E-state index in [1.807, 2.05) is 24.9 Å². The third-order valence-electron chi connectivity index (χ3n) is 2.81. The molecule has 1 unspecified atom stereocenters. The summed E-state index contributed by atoms with van der Waals surface area (Å²) in [6.45, 7) is 5.24. The van der Waals surface area contributed by atoms with Gasteiger partial charge in [-0.15, -0.1) is 11.3 Å². The molecule has 1 atom stereocenters. The first-order valence-corrected chi connectivity index (χ1v) is 7.20. The largest absolute Gasteiger partial charge is 0.309 e. The SMILES string of the molecule is CCCNC(Cc1nc(C)cs1)c1cnn(C)c1. The number of thiazole rings is 1. The lowest BCUT2D eigenvalue weighted by atomic mass is 10.1. The fraction of sp³-hybridized carbons (Fsp3) is 0.538. The van der Waals surface area contributed by atoms with Gasteiger partial charge in [-0.25, -0.2) is 4.98 Å². The molecule has 5 heteroatoms. The van der Waals surface area contributed by atoms with Gasteiger partial charge >= 0.3 is 0 Å². The second-order valence-electron chi connectivity index (χ2n) is 4.54. The van der Waals surface area contributed by atoms with Gasteiger partial charge in [-0.2, -0.15) is 5.10 Å². The Hall–Kier alpha value is -1.20. The van der Waals surface area contributed by atoms with Gasteiger partial charge in [-0.1, -0.05) is 6.92 Å². The van der Waals surface area contributed by atoms with Crippen LogP contribution < -0.4 is 5.32 Å². The van der Waals surface area contributed by atoms with Crippen molar-refractivity contribution < 1.29 is 0 Å². The molecule has 0 spiro atoms. The average molecular weight is 264 g/mol. The summed E-state index contributed by atoms with van der Waals surface area (Å²) in [5.41, 5.74) is 2.34. The molecule has 2 aromatic rings. The van der Waals surface area contributed by atoms with Crippen LogP contribution in [0.3, 0.4) is 0 Å². The molecule has 18 heavy (non-hydrogen) atoms. The van der Waals surface area contributed by atoms with E-state index in [-0.39, 0.29) is 0 Å². The normalized spacial score (nSPS) is 12.8. The molecule has 0 bridgehead atoms. The van der Waals surface area contributed by atoms with E-state index in [1.54, 1.807) is 11.3 Å². The standard InChI is InChI=1S/C13H20N4S/c1-4-5-14-12(11-7-15-17(3)8-11)6-13-16-10(2)9-18-13/h7-9,12,14H,4-6H2,1-3H3. The zero-order valence-corrected chi connectivity index (χ0v) is 12.0. The Morgan fingerprint density at radius 1 is 1.50 bits per heavy atom. The summed E-state index contributed by atoms with van der Waals surface area (Å²) < 4.78 is 1.85. The minimum Gasteiger partial charge on any atom is -0.309 e. The molecule has 1 N–H and O–H groups in total. The van der Waals surface area contributed by atoms with Gasteiger partial charge in [0.2, 0.25) is 0 Å². The highest BCUT2D eigenvalue weighted by Gasteiger charge is 2.15. The molecule has 0 saturated carbocycles. The second-order valence-corrected chi connectivity index (χ2v) is 5.48. The van der Waals surface area contributed by atoms with Crippen LogP contribution >= 0.6 is 11.3 Å². The summed E-state index contributed by atoms with van der Waals surface area (Å²) in [5.74, 6) is 0. The summed E-state index contributed by atoms with van der Waals surface area (Å²) in [5, 5.41) is 11.1. The Kier molecular flexibility index (Phi) is 4.49. The summed E-state index contributed by atoms with van der Waals surface area (Å²) in [7, 11) is 1.95. The lowest BCUT2D eigenvalue weighted by molar-refractivity contribution is 0.527. The molecule has 0 saturated heterocycles. The van der Waals surface area contributed by atoms with Crippen molar-refractivity contribution in [3.63, 3.8) is 0 Å². The third-order valence-corrected chi connectivity index (χ3v) is 3.80. The van der Waals surface area contributed by atoms with Crippen molar-refractivity contribution in [2.75, 3.05) is 6.54 Å². The zero-order chi connectivity index (χ0) is 13.0. The highest BCUT2D eigenvalue weighted by atomic mass is 32.1. The van der Waals surface area contributed by atoms with Gasteiger partial charge < -0.3 is 5.32 Å². The molecule has 0 fully saturated rings.